The Bertz CT molecular complexity index is 568. The minimum Gasteiger partial charge on any atom is -0.379 e. The molecule has 7 heteroatoms. The normalized spacial score (nSPS) is 15.1. The third-order valence-electron chi connectivity index (χ3n) is 3.08. The first-order valence-corrected chi connectivity index (χ1v) is 6.09. The lowest BCUT2D eigenvalue weighted by Gasteiger charge is -2.25. The number of hydrogen-bond acceptors (Lipinski definition) is 3. The van der Waals surface area contributed by atoms with Crippen molar-refractivity contribution < 1.29 is 18.3 Å². The Morgan fingerprint density at radius 2 is 1.85 bits per heavy atom. The summed E-state index contributed by atoms with van der Waals surface area (Å²) < 4.78 is 37.7. The van der Waals surface area contributed by atoms with E-state index in [-0.39, 0.29) is 5.69 Å². The van der Waals surface area contributed by atoms with E-state index in [1.807, 2.05) is 0 Å². The Morgan fingerprint density at radius 1 is 1.20 bits per heavy atom. The van der Waals surface area contributed by atoms with Crippen molar-refractivity contribution in [3.8, 4) is 0 Å². The third-order valence-corrected chi connectivity index (χ3v) is 3.08. The number of rotatable bonds is 4. The van der Waals surface area contributed by atoms with Crippen LogP contribution < -0.4 is 0 Å². The van der Waals surface area contributed by atoms with E-state index in [9.17, 15) is 18.3 Å². The molecule has 0 aliphatic rings. The Labute approximate surface area is 113 Å². The second-order valence-electron chi connectivity index (χ2n) is 4.46. The fraction of sp³-hybridized carbons (Fsp3) is 0.385. The van der Waals surface area contributed by atoms with E-state index >= 15 is 0 Å². The van der Waals surface area contributed by atoms with Crippen molar-refractivity contribution in [3.63, 3.8) is 0 Å². The van der Waals surface area contributed by atoms with Gasteiger partial charge in [-0.05, 0) is 30.2 Å². The second-order valence-corrected chi connectivity index (χ2v) is 4.46. The standard InChI is InChI=1S/C13H14F3N3O/c1-2-12(20,10-3-6-17-7-4-10)11-5-8-19(18-11)9-13(14,15)16/h3-8,20H,2,9H2,1H3. The van der Waals surface area contributed by atoms with Crippen LogP contribution in [0.2, 0.25) is 0 Å². The van der Waals surface area contributed by atoms with Crippen LogP contribution in [-0.4, -0.2) is 26.0 Å². The maximum absolute atomic E-state index is 12.3. The van der Waals surface area contributed by atoms with Crippen LogP contribution in [0.3, 0.4) is 0 Å². The molecule has 0 fully saturated rings. The van der Waals surface area contributed by atoms with Gasteiger partial charge in [0.15, 0.2) is 0 Å². The molecule has 2 aromatic rings. The number of hydrogen-bond donors (Lipinski definition) is 1. The van der Waals surface area contributed by atoms with E-state index in [4.69, 9.17) is 0 Å². The Kier molecular flexibility index (Phi) is 3.80. The highest BCUT2D eigenvalue weighted by Crippen LogP contribution is 2.31. The molecule has 0 bridgehead atoms. The highest BCUT2D eigenvalue weighted by molar-refractivity contribution is 5.29. The van der Waals surface area contributed by atoms with Crippen molar-refractivity contribution >= 4 is 0 Å². The average molecular weight is 285 g/mol. The molecule has 1 atom stereocenters. The quantitative estimate of drug-likeness (QED) is 0.939. The van der Waals surface area contributed by atoms with Gasteiger partial charge < -0.3 is 5.11 Å². The van der Waals surface area contributed by atoms with Crippen LogP contribution in [0.25, 0.3) is 0 Å². The molecule has 0 amide bonds. The van der Waals surface area contributed by atoms with Gasteiger partial charge in [-0.2, -0.15) is 18.3 Å². The number of halogens is 3. The van der Waals surface area contributed by atoms with Gasteiger partial charge in [-0.3, -0.25) is 9.67 Å². The van der Waals surface area contributed by atoms with Crippen LogP contribution in [0.15, 0.2) is 36.8 Å². The van der Waals surface area contributed by atoms with Crippen LogP contribution in [0.1, 0.15) is 24.6 Å². The third kappa shape index (κ3) is 2.98. The highest BCUT2D eigenvalue weighted by Gasteiger charge is 2.34. The van der Waals surface area contributed by atoms with Crippen molar-refractivity contribution in [1.82, 2.24) is 14.8 Å². The van der Waals surface area contributed by atoms with Gasteiger partial charge in [-0.1, -0.05) is 6.92 Å². The summed E-state index contributed by atoms with van der Waals surface area (Å²) in [6.45, 7) is 0.562. The zero-order valence-corrected chi connectivity index (χ0v) is 10.8. The van der Waals surface area contributed by atoms with Gasteiger partial charge in [-0.15, -0.1) is 0 Å². The summed E-state index contributed by atoms with van der Waals surface area (Å²) >= 11 is 0. The fourth-order valence-electron chi connectivity index (χ4n) is 2.01. The Balaban J connectivity index is 2.33. The van der Waals surface area contributed by atoms with E-state index in [0.717, 1.165) is 4.68 Å². The fourth-order valence-corrected chi connectivity index (χ4v) is 2.01. The summed E-state index contributed by atoms with van der Waals surface area (Å²) in [4.78, 5) is 3.86. The van der Waals surface area contributed by atoms with Gasteiger partial charge in [0.25, 0.3) is 0 Å². The molecule has 0 spiro atoms. The minimum absolute atomic E-state index is 0.190. The summed E-state index contributed by atoms with van der Waals surface area (Å²) in [5.41, 5.74) is -0.678. The number of pyridine rings is 1. The molecule has 1 unspecified atom stereocenters. The number of aromatic nitrogens is 3. The van der Waals surface area contributed by atoms with Gasteiger partial charge >= 0.3 is 6.18 Å². The molecule has 108 valence electrons. The minimum atomic E-state index is -4.34. The molecule has 4 nitrogen and oxygen atoms in total. The van der Waals surface area contributed by atoms with Crippen LogP contribution in [0.4, 0.5) is 13.2 Å². The van der Waals surface area contributed by atoms with Gasteiger partial charge in [0, 0.05) is 18.6 Å². The summed E-state index contributed by atoms with van der Waals surface area (Å²) in [6.07, 6.45) is 0.195. The van der Waals surface area contributed by atoms with Crippen molar-refractivity contribution in [2.45, 2.75) is 31.7 Å². The SMILES string of the molecule is CCC(O)(c1ccncc1)c1ccn(CC(F)(F)F)n1. The summed E-state index contributed by atoms with van der Waals surface area (Å²) in [6, 6.07) is 4.63. The number of aliphatic hydroxyl groups is 1. The van der Waals surface area contributed by atoms with E-state index < -0.39 is 18.3 Å². The topological polar surface area (TPSA) is 50.9 Å². The molecule has 20 heavy (non-hydrogen) atoms. The summed E-state index contributed by atoms with van der Waals surface area (Å²) in [5, 5.41) is 14.5. The van der Waals surface area contributed by atoms with Crippen molar-refractivity contribution in [2.75, 3.05) is 0 Å². The lowest BCUT2D eigenvalue weighted by Crippen LogP contribution is -2.27. The summed E-state index contributed by atoms with van der Waals surface area (Å²) in [5.74, 6) is 0. The van der Waals surface area contributed by atoms with Gasteiger partial charge in [0.1, 0.15) is 12.1 Å². The molecular formula is C13H14F3N3O. The molecule has 0 aromatic carbocycles. The number of alkyl halides is 3. The largest absolute Gasteiger partial charge is 0.408 e. The lowest BCUT2D eigenvalue weighted by atomic mass is 9.89. The smallest absolute Gasteiger partial charge is 0.379 e. The predicted molar refractivity (Wildman–Crippen MR) is 65.8 cm³/mol. The molecule has 2 heterocycles. The maximum Gasteiger partial charge on any atom is 0.408 e. The summed E-state index contributed by atoms with van der Waals surface area (Å²) in [7, 11) is 0. The van der Waals surface area contributed by atoms with E-state index in [0.29, 0.717) is 12.0 Å². The monoisotopic (exact) mass is 285 g/mol. The van der Waals surface area contributed by atoms with Gasteiger partial charge in [0.2, 0.25) is 0 Å². The van der Waals surface area contributed by atoms with E-state index in [1.165, 1.54) is 24.7 Å². The van der Waals surface area contributed by atoms with E-state index in [2.05, 4.69) is 10.1 Å². The van der Waals surface area contributed by atoms with Crippen molar-refractivity contribution in [1.29, 1.82) is 0 Å². The Hall–Kier alpha value is -1.89. The predicted octanol–water partition coefficient (Wildman–Crippen LogP) is 2.49. The molecule has 2 rings (SSSR count). The zero-order valence-electron chi connectivity index (χ0n) is 10.8. The van der Waals surface area contributed by atoms with Crippen molar-refractivity contribution in [2.24, 2.45) is 0 Å². The molecule has 2 aromatic heterocycles. The van der Waals surface area contributed by atoms with Crippen LogP contribution >= 0.6 is 0 Å². The van der Waals surface area contributed by atoms with Crippen molar-refractivity contribution in [3.05, 3.63) is 48.0 Å². The molecule has 0 saturated heterocycles. The highest BCUT2D eigenvalue weighted by atomic mass is 19.4. The molecule has 0 saturated carbocycles. The average Bonchev–Trinajstić information content (AvgIpc) is 2.85. The molecule has 0 aliphatic carbocycles. The van der Waals surface area contributed by atoms with Gasteiger partial charge in [-0.25, -0.2) is 0 Å². The lowest BCUT2D eigenvalue weighted by molar-refractivity contribution is -0.142. The number of nitrogens with zero attached hydrogens (tertiary/aromatic N) is 3. The van der Waals surface area contributed by atoms with E-state index in [1.54, 1.807) is 19.1 Å². The first-order valence-electron chi connectivity index (χ1n) is 6.09. The van der Waals surface area contributed by atoms with Crippen LogP contribution in [-0.2, 0) is 12.1 Å². The molecule has 0 aliphatic heterocycles. The first kappa shape index (κ1) is 14.5. The Morgan fingerprint density at radius 3 is 2.40 bits per heavy atom. The molecule has 1 N–H and O–H groups in total. The van der Waals surface area contributed by atoms with Gasteiger partial charge in [0.05, 0.1) is 5.69 Å². The zero-order chi connectivity index (χ0) is 14.8. The second kappa shape index (κ2) is 5.24. The molecular weight excluding hydrogens is 271 g/mol. The van der Waals surface area contributed by atoms with Crippen LogP contribution in [0, 0.1) is 0 Å². The molecule has 0 radical (unpaired) electrons. The maximum atomic E-state index is 12.3. The van der Waals surface area contributed by atoms with Crippen LogP contribution in [0.5, 0.6) is 0 Å². The first-order chi connectivity index (χ1) is 9.35.